The van der Waals surface area contributed by atoms with Gasteiger partial charge in [-0.15, -0.1) is 0 Å². The van der Waals surface area contributed by atoms with E-state index < -0.39 is 53.8 Å². The van der Waals surface area contributed by atoms with E-state index in [1.165, 1.54) is 0 Å². The Balaban J connectivity index is -0.000000336. The summed E-state index contributed by atoms with van der Waals surface area (Å²) in [7, 11) is 0. The van der Waals surface area contributed by atoms with Crippen LogP contribution in [0.4, 0.5) is 0 Å². The molecule has 0 aromatic carbocycles. The van der Waals surface area contributed by atoms with Crippen molar-refractivity contribution in [1.29, 1.82) is 0 Å². The summed E-state index contributed by atoms with van der Waals surface area (Å²) < 4.78 is 0. The first-order valence-electron chi connectivity index (χ1n) is 7.35. The van der Waals surface area contributed by atoms with Gasteiger partial charge in [0.05, 0.1) is 12.8 Å². The van der Waals surface area contributed by atoms with Crippen LogP contribution in [0, 0.1) is 0 Å². The van der Waals surface area contributed by atoms with Gasteiger partial charge >= 0.3 is 23.9 Å². The smallest absolute Gasteiger partial charge is 0.321 e. The summed E-state index contributed by atoms with van der Waals surface area (Å²) >= 11 is 0. The summed E-state index contributed by atoms with van der Waals surface area (Å²) in [6, 6.07) is -3.39. The summed E-state index contributed by atoms with van der Waals surface area (Å²) in [5.41, 5.74) is 24.1. The van der Waals surface area contributed by atoms with Crippen LogP contribution in [0.5, 0.6) is 0 Å². The molecule has 0 aliphatic heterocycles. The number of primary amides is 2. The minimum Gasteiger partial charge on any atom is -0.481 e. The molecule has 0 bridgehead atoms. The lowest BCUT2D eigenvalue weighted by Crippen LogP contribution is -2.34. The predicted molar refractivity (Wildman–Crippen MR) is 91.3 cm³/mol. The van der Waals surface area contributed by atoms with E-state index in [0.29, 0.717) is 0 Å². The quantitative estimate of drug-likeness (QED) is 0.165. The van der Waals surface area contributed by atoms with E-state index >= 15 is 0 Å². The number of carbonyl (C=O) groups excluding carboxylic acids is 2. The van der Waals surface area contributed by atoms with Gasteiger partial charge in [-0.25, -0.2) is 0 Å². The van der Waals surface area contributed by atoms with E-state index in [1.807, 2.05) is 0 Å². The molecule has 0 fully saturated rings. The third kappa shape index (κ3) is 22.7. The molecule has 15 nitrogen and oxygen atoms in total. The maximum absolute atomic E-state index is 9.99. The molecule has 0 aromatic rings. The Bertz CT molecular complexity index is 536. The Morgan fingerprint density at radius 3 is 1.04 bits per heavy atom. The van der Waals surface area contributed by atoms with Gasteiger partial charge in [-0.1, -0.05) is 0 Å². The van der Waals surface area contributed by atoms with Crippen molar-refractivity contribution in [2.75, 3.05) is 0 Å². The van der Waals surface area contributed by atoms with Crippen LogP contribution in [0.15, 0.2) is 0 Å². The molecule has 0 aromatic heterocycles. The van der Waals surface area contributed by atoms with E-state index in [-0.39, 0.29) is 25.7 Å². The monoisotopic (exact) mass is 411 g/mol. The van der Waals surface area contributed by atoms with Crippen molar-refractivity contribution in [3.8, 4) is 0 Å². The molecule has 0 heterocycles. The number of nitrogens with two attached hydrogens (primary N) is 5. The van der Waals surface area contributed by atoms with Crippen molar-refractivity contribution in [1.82, 2.24) is 0 Å². The summed E-state index contributed by atoms with van der Waals surface area (Å²) in [4.78, 5) is 59.7. The fourth-order valence-corrected chi connectivity index (χ4v) is 1.01. The Morgan fingerprint density at radius 1 is 0.607 bits per heavy atom. The number of rotatable bonds is 10. The van der Waals surface area contributed by atoms with Gasteiger partial charge in [-0.3, -0.25) is 28.8 Å². The van der Waals surface area contributed by atoms with Gasteiger partial charge in [-0.2, -0.15) is 0 Å². The summed E-state index contributed by atoms with van der Waals surface area (Å²) in [6.07, 6.45) is -0.844. The van der Waals surface area contributed by atoms with E-state index in [0.717, 1.165) is 0 Å². The first-order valence-corrected chi connectivity index (χ1v) is 7.35. The average Bonchev–Trinajstić information content (AvgIpc) is 2.52. The van der Waals surface area contributed by atoms with E-state index in [9.17, 15) is 28.8 Å². The van der Waals surface area contributed by atoms with E-state index in [4.69, 9.17) is 37.6 Å². The Hall–Kier alpha value is -3.30. The second kappa shape index (κ2) is 15.9. The van der Waals surface area contributed by atoms with Crippen LogP contribution in [0.1, 0.15) is 25.7 Å². The highest BCUT2D eigenvalue weighted by atomic mass is 16.4. The minimum atomic E-state index is -1.21. The lowest BCUT2D eigenvalue weighted by molar-refractivity contribution is -0.141. The third-order valence-electron chi connectivity index (χ3n) is 2.46. The highest BCUT2D eigenvalue weighted by Gasteiger charge is 2.14. The maximum Gasteiger partial charge on any atom is 0.321 e. The van der Waals surface area contributed by atoms with Crippen LogP contribution in [0.3, 0.4) is 0 Å². The molecular formula is C13H25N5O10. The first kappa shape index (κ1) is 29.5. The van der Waals surface area contributed by atoms with Crippen LogP contribution in [-0.4, -0.2) is 74.2 Å². The zero-order chi connectivity index (χ0) is 23.0. The standard InChI is InChI=1S/C5H9NO4.2C4H8N2O3/c6-3(5(9)10)1-2-4(7)8;2*5-2(4(8)9)1-3(6)7/h3H,1-2,6H2,(H,7,8)(H,9,10);2*2H,1,5H2,(H2,6,7)(H,8,9)/t3-;2-;/m00./s1. The van der Waals surface area contributed by atoms with Gasteiger partial charge < -0.3 is 49.1 Å². The van der Waals surface area contributed by atoms with Crippen LogP contribution >= 0.6 is 0 Å². The number of carboxylic acids is 4. The van der Waals surface area contributed by atoms with Crippen molar-refractivity contribution in [3.63, 3.8) is 0 Å². The fourth-order valence-electron chi connectivity index (χ4n) is 1.01. The summed E-state index contributed by atoms with van der Waals surface area (Å²) in [5.74, 6) is -6.03. The number of aliphatic carboxylic acids is 4. The molecule has 2 amide bonds. The molecule has 162 valence electrons. The molecule has 15 heteroatoms. The fraction of sp³-hybridized carbons (Fsp3) is 0.538. The zero-order valence-electron chi connectivity index (χ0n) is 14.7. The van der Waals surface area contributed by atoms with Crippen LogP contribution in [0.2, 0.25) is 0 Å². The maximum atomic E-state index is 9.99. The normalized spacial score (nSPS) is 12.5. The van der Waals surface area contributed by atoms with E-state index in [2.05, 4.69) is 11.5 Å². The van der Waals surface area contributed by atoms with Gasteiger partial charge in [-0.05, 0) is 6.42 Å². The SMILES string of the molecule is NC(=O)CC(N)C(=O)O.NC(=O)C[C@H](N)C(=O)O.N[C@@H](CCC(=O)O)C(=O)O. The van der Waals surface area contributed by atoms with Gasteiger partial charge in [0.2, 0.25) is 11.8 Å². The van der Waals surface area contributed by atoms with Crippen molar-refractivity contribution >= 4 is 35.7 Å². The minimum absolute atomic E-state index is 0.0231. The highest BCUT2D eigenvalue weighted by Crippen LogP contribution is 1.93. The number of hydrogen-bond donors (Lipinski definition) is 9. The largest absolute Gasteiger partial charge is 0.481 e. The molecule has 28 heavy (non-hydrogen) atoms. The first-order chi connectivity index (χ1) is 12.6. The van der Waals surface area contributed by atoms with Crippen LogP contribution in [0.25, 0.3) is 0 Å². The van der Waals surface area contributed by atoms with Crippen LogP contribution < -0.4 is 28.7 Å². The van der Waals surface area contributed by atoms with Gasteiger partial charge in [0, 0.05) is 6.42 Å². The second-order valence-electron chi connectivity index (χ2n) is 5.11. The van der Waals surface area contributed by atoms with E-state index in [1.54, 1.807) is 0 Å². The lowest BCUT2D eigenvalue weighted by atomic mass is 10.2. The number of carbonyl (C=O) groups is 6. The zero-order valence-corrected chi connectivity index (χ0v) is 14.7. The average molecular weight is 411 g/mol. The molecule has 0 spiro atoms. The van der Waals surface area contributed by atoms with Crippen molar-refractivity contribution < 1.29 is 49.2 Å². The predicted octanol–water partition coefficient (Wildman–Crippen LogP) is -4.19. The van der Waals surface area contributed by atoms with Gasteiger partial charge in [0.25, 0.3) is 0 Å². The topological polar surface area (TPSA) is 313 Å². The number of amides is 2. The van der Waals surface area contributed by atoms with Gasteiger partial charge in [0.15, 0.2) is 0 Å². The van der Waals surface area contributed by atoms with Crippen molar-refractivity contribution in [2.45, 2.75) is 43.8 Å². The van der Waals surface area contributed by atoms with Crippen molar-refractivity contribution in [2.24, 2.45) is 28.7 Å². The van der Waals surface area contributed by atoms with Crippen LogP contribution in [-0.2, 0) is 28.8 Å². The highest BCUT2D eigenvalue weighted by molar-refractivity contribution is 5.83. The molecule has 0 radical (unpaired) electrons. The Labute approximate surface area is 158 Å². The number of carboxylic acid groups (broad SMARTS) is 4. The lowest BCUT2D eigenvalue weighted by Gasteiger charge is -2.01. The molecule has 0 rings (SSSR count). The van der Waals surface area contributed by atoms with Crippen molar-refractivity contribution in [3.05, 3.63) is 0 Å². The second-order valence-corrected chi connectivity index (χ2v) is 5.11. The molecule has 1 unspecified atom stereocenters. The third-order valence-corrected chi connectivity index (χ3v) is 2.46. The molecule has 3 atom stereocenters. The molecule has 14 N–H and O–H groups in total. The molecule has 0 saturated carbocycles. The Kier molecular flexibility index (Phi) is 16.7. The van der Waals surface area contributed by atoms with Gasteiger partial charge in [0.1, 0.15) is 18.1 Å². The molecule has 0 saturated heterocycles. The molecule has 0 aliphatic carbocycles. The molecule has 0 aliphatic rings. The summed E-state index contributed by atoms with van der Waals surface area (Å²) in [5, 5.41) is 32.5. The molecular weight excluding hydrogens is 386 g/mol. The summed E-state index contributed by atoms with van der Waals surface area (Å²) in [6.45, 7) is 0. The Morgan fingerprint density at radius 2 is 0.893 bits per heavy atom. The number of hydrogen-bond acceptors (Lipinski definition) is 9.